The van der Waals surface area contributed by atoms with Gasteiger partial charge in [0.25, 0.3) is 5.91 Å². The van der Waals surface area contributed by atoms with Crippen molar-refractivity contribution < 1.29 is 28.5 Å². The van der Waals surface area contributed by atoms with Crippen molar-refractivity contribution in [2.45, 2.75) is 26.2 Å². The molecule has 3 aromatic rings. The van der Waals surface area contributed by atoms with Crippen LogP contribution in [-0.4, -0.2) is 38.9 Å². The fraction of sp³-hybridized carbons (Fsp3) is 0.250. The molecule has 3 rings (SSSR count). The molecule has 0 aliphatic heterocycles. The molecule has 36 heavy (non-hydrogen) atoms. The Morgan fingerprint density at radius 2 is 1.61 bits per heavy atom. The normalized spacial score (nSPS) is 10.6. The molecule has 0 saturated heterocycles. The molecule has 0 unspecified atom stereocenters. The number of aryl methyl sites for hydroxylation is 1. The van der Waals surface area contributed by atoms with E-state index in [1.165, 1.54) is 18.9 Å². The SMILES string of the molecule is CCCCc1ccc(OCC(=O)N/N=C/c2ccc(OC(=O)c3ccc(OC)cc3)c(OC)c2)cc1. The van der Waals surface area contributed by atoms with E-state index in [0.717, 1.165) is 19.3 Å². The summed E-state index contributed by atoms with van der Waals surface area (Å²) in [5.41, 5.74) is 4.69. The monoisotopic (exact) mass is 490 g/mol. The van der Waals surface area contributed by atoms with Crippen LogP contribution < -0.4 is 24.4 Å². The van der Waals surface area contributed by atoms with E-state index in [9.17, 15) is 9.59 Å². The molecular weight excluding hydrogens is 460 g/mol. The van der Waals surface area contributed by atoms with Crippen LogP contribution in [0.2, 0.25) is 0 Å². The van der Waals surface area contributed by atoms with Crippen molar-refractivity contribution >= 4 is 18.1 Å². The number of hydrogen-bond acceptors (Lipinski definition) is 7. The molecule has 8 nitrogen and oxygen atoms in total. The maximum Gasteiger partial charge on any atom is 0.343 e. The van der Waals surface area contributed by atoms with Crippen LogP contribution in [0.15, 0.2) is 71.8 Å². The summed E-state index contributed by atoms with van der Waals surface area (Å²) in [4.78, 5) is 24.5. The van der Waals surface area contributed by atoms with Crippen LogP contribution in [0, 0.1) is 0 Å². The molecule has 1 N–H and O–H groups in total. The molecule has 0 fully saturated rings. The number of hydrazone groups is 1. The summed E-state index contributed by atoms with van der Waals surface area (Å²) in [7, 11) is 3.02. The fourth-order valence-electron chi connectivity index (χ4n) is 3.23. The van der Waals surface area contributed by atoms with Crippen LogP contribution in [-0.2, 0) is 11.2 Å². The van der Waals surface area contributed by atoms with Gasteiger partial charge in [0, 0.05) is 0 Å². The second kappa shape index (κ2) is 13.5. The van der Waals surface area contributed by atoms with Gasteiger partial charge in [0.2, 0.25) is 0 Å². The summed E-state index contributed by atoms with van der Waals surface area (Å²) in [6.07, 6.45) is 4.78. The number of methoxy groups -OCH3 is 2. The van der Waals surface area contributed by atoms with Gasteiger partial charge in [-0.05, 0) is 78.6 Å². The number of esters is 1. The number of amides is 1. The Hall–Kier alpha value is -4.33. The van der Waals surface area contributed by atoms with Gasteiger partial charge >= 0.3 is 5.97 Å². The van der Waals surface area contributed by atoms with Crippen molar-refractivity contribution in [2.75, 3.05) is 20.8 Å². The largest absolute Gasteiger partial charge is 0.497 e. The molecule has 188 valence electrons. The van der Waals surface area contributed by atoms with Crippen molar-refractivity contribution in [1.29, 1.82) is 0 Å². The third kappa shape index (κ3) is 7.87. The average Bonchev–Trinajstić information content (AvgIpc) is 2.92. The van der Waals surface area contributed by atoms with Crippen LogP contribution in [0.4, 0.5) is 0 Å². The highest BCUT2D eigenvalue weighted by atomic mass is 16.6. The predicted molar refractivity (Wildman–Crippen MR) is 137 cm³/mol. The first kappa shape index (κ1) is 26.3. The first-order valence-electron chi connectivity index (χ1n) is 11.6. The number of hydrogen-bond donors (Lipinski definition) is 1. The Bertz CT molecular complexity index is 1170. The maximum absolute atomic E-state index is 12.4. The molecule has 3 aromatic carbocycles. The van der Waals surface area contributed by atoms with Crippen LogP contribution >= 0.6 is 0 Å². The third-order valence-electron chi connectivity index (χ3n) is 5.23. The van der Waals surface area contributed by atoms with E-state index >= 15 is 0 Å². The second-order valence-corrected chi connectivity index (χ2v) is 7.86. The molecule has 0 radical (unpaired) electrons. The Balaban J connectivity index is 1.50. The van der Waals surface area contributed by atoms with Gasteiger partial charge in [0.05, 0.1) is 26.0 Å². The van der Waals surface area contributed by atoms with E-state index in [2.05, 4.69) is 17.5 Å². The van der Waals surface area contributed by atoms with E-state index < -0.39 is 11.9 Å². The molecule has 0 heterocycles. The summed E-state index contributed by atoms with van der Waals surface area (Å²) in [6.45, 7) is 2.00. The van der Waals surface area contributed by atoms with Gasteiger partial charge < -0.3 is 18.9 Å². The number of rotatable bonds is 12. The summed E-state index contributed by atoms with van der Waals surface area (Å²) in [6, 6.07) is 19.2. The Morgan fingerprint density at radius 1 is 0.889 bits per heavy atom. The number of carbonyl (C=O) groups excluding carboxylic acids is 2. The van der Waals surface area contributed by atoms with Crippen molar-refractivity contribution in [1.82, 2.24) is 5.43 Å². The third-order valence-corrected chi connectivity index (χ3v) is 5.23. The van der Waals surface area contributed by atoms with Crippen molar-refractivity contribution in [3.8, 4) is 23.0 Å². The summed E-state index contributed by atoms with van der Waals surface area (Å²) in [5, 5.41) is 3.95. The smallest absolute Gasteiger partial charge is 0.343 e. The summed E-state index contributed by atoms with van der Waals surface area (Å²) < 4.78 is 21.4. The molecule has 0 atom stereocenters. The van der Waals surface area contributed by atoms with Crippen molar-refractivity contribution in [3.63, 3.8) is 0 Å². The molecule has 0 saturated carbocycles. The molecule has 0 spiro atoms. The fourth-order valence-corrected chi connectivity index (χ4v) is 3.23. The molecule has 0 aliphatic carbocycles. The highest BCUT2D eigenvalue weighted by Crippen LogP contribution is 2.28. The van der Waals surface area contributed by atoms with E-state index in [1.54, 1.807) is 49.6 Å². The molecule has 0 aliphatic rings. The first-order chi connectivity index (χ1) is 17.5. The van der Waals surface area contributed by atoms with Gasteiger partial charge in [0.1, 0.15) is 11.5 Å². The molecule has 0 aromatic heterocycles. The molecule has 0 bridgehead atoms. The van der Waals surface area contributed by atoms with Gasteiger partial charge in [-0.3, -0.25) is 4.79 Å². The minimum atomic E-state index is -0.528. The molecular formula is C28H30N2O6. The van der Waals surface area contributed by atoms with Gasteiger partial charge in [-0.1, -0.05) is 25.5 Å². The van der Waals surface area contributed by atoms with Gasteiger partial charge in [-0.25, -0.2) is 10.2 Å². The average molecular weight is 491 g/mol. The minimum absolute atomic E-state index is 0.158. The summed E-state index contributed by atoms with van der Waals surface area (Å²) >= 11 is 0. The minimum Gasteiger partial charge on any atom is -0.497 e. The van der Waals surface area contributed by atoms with Gasteiger partial charge in [0.15, 0.2) is 18.1 Å². The van der Waals surface area contributed by atoms with Gasteiger partial charge in [-0.15, -0.1) is 0 Å². The van der Waals surface area contributed by atoms with Crippen molar-refractivity contribution in [3.05, 3.63) is 83.4 Å². The number of nitrogens with one attached hydrogen (secondary N) is 1. The van der Waals surface area contributed by atoms with Crippen LogP contribution in [0.3, 0.4) is 0 Å². The lowest BCUT2D eigenvalue weighted by molar-refractivity contribution is -0.123. The Morgan fingerprint density at radius 3 is 2.28 bits per heavy atom. The van der Waals surface area contributed by atoms with E-state index in [1.807, 2.05) is 24.3 Å². The highest BCUT2D eigenvalue weighted by molar-refractivity contribution is 5.92. The van der Waals surface area contributed by atoms with E-state index in [4.69, 9.17) is 18.9 Å². The Labute approximate surface area is 210 Å². The predicted octanol–water partition coefficient (Wildman–Crippen LogP) is 4.79. The molecule has 8 heteroatoms. The van der Waals surface area contributed by atoms with Crippen molar-refractivity contribution in [2.24, 2.45) is 5.10 Å². The van der Waals surface area contributed by atoms with Crippen LogP contribution in [0.1, 0.15) is 41.3 Å². The topological polar surface area (TPSA) is 95.5 Å². The van der Waals surface area contributed by atoms with E-state index in [-0.39, 0.29) is 12.4 Å². The number of benzene rings is 3. The Kier molecular flexibility index (Phi) is 9.88. The second-order valence-electron chi connectivity index (χ2n) is 7.86. The van der Waals surface area contributed by atoms with Gasteiger partial charge in [-0.2, -0.15) is 5.10 Å². The zero-order chi connectivity index (χ0) is 25.8. The number of unbranched alkanes of at least 4 members (excludes halogenated alkanes) is 1. The first-order valence-corrected chi connectivity index (χ1v) is 11.6. The lowest BCUT2D eigenvalue weighted by atomic mass is 10.1. The summed E-state index contributed by atoms with van der Waals surface area (Å²) in [5.74, 6) is 0.951. The van der Waals surface area contributed by atoms with E-state index in [0.29, 0.717) is 28.4 Å². The number of carbonyl (C=O) groups is 2. The zero-order valence-electron chi connectivity index (χ0n) is 20.7. The molecule has 1 amide bonds. The number of nitrogens with zero attached hydrogens (tertiary/aromatic N) is 1. The van der Waals surface area contributed by atoms with Crippen LogP contribution in [0.5, 0.6) is 23.0 Å². The lowest BCUT2D eigenvalue weighted by Crippen LogP contribution is -2.24. The van der Waals surface area contributed by atoms with Crippen LogP contribution in [0.25, 0.3) is 0 Å². The number of ether oxygens (including phenoxy) is 4. The zero-order valence-corrected chi connectivity index (χ0v) is 20.7. The lowest BCUT2D eigenvalue weighted by Gasteiger charge is -2.10. The highest BCUT2D eigenvalue weighted by Gasteiger charge is 2.13. The maximum atomic E-state index is 12.4. The quantitative estimate of drug-likeness (QED) is 0.170. The standard InChI is InChI=1S/C28H30N2O6/c1-4-5-6-20-7-12-24(13-8-20)35-19-27(31)30-29-18-21-9-16-25(26(17-21)34-3)36-28(32)22-10-14-23(33-2)15-11-22/h7-18H,4-6,19H2,1-3H3,(H,30,31)/b29-18+.